The number of benzene rings is 1. The first-order valence-electron chi connectivity index (χ1n) is 7.41. The van der Waals surface area contributed by atoms with Crippen LogP contribution in [0.5, 0.6) is 0 Å². The number of fused-ring (bicyclic) bond motifs is 1. The van der Waals surface area contributed by atoms with Gasteiger partial charge in [0.1, 0.15) is 5.78 Å². The maximum Gasteiger partial charge on any atom is 0.308 e. The number of halogens is 1. The average molecular weight is 351 g/mol. The largest absolute Gasteiger partial charge is 0.469 e. The van der Waals surface area contributed by atoms with E-state index in [1.165, 1.54) is 7.11 Å². The zero-order valence-corrected chi connectivity index (χ0v) is 13.7. The lowest BCUT2D eigenvalue weighted by Crippen LogP contribution is -2.31. The van der Waals surface area contributed by atoms with E-state index < -0.39 is 0 Å². The van der Waals surface area contributed by atoms with Gasteiger partial charge < -0.3 is 4.74 Å². The van der Waals surface area contributed by atoms with E-state index in [0.29, 0.717) is 24.5 Å². The van der Waals surface area contributed by atoms with E-state index in [1.54, 1.807) is 0 Å². The Morgan fingerprint density at radius 1 is 1.24 bits per heavy atom. The molecule has 112 valence electrons. The molecule has 0 spiro atoms. The first kappa shape index (κ1) is 14.8. The molecule has 0 amide bonds. The van der Waals surface area contributed by atoms with Crippen LogP contribution in [0.15, 0.2) is 28.7 Å². The van der Waals surface area contributed by atoms with E-state index in [2.05, 4.69) is 15.9 Å². The number of methoxy groups -OCH3 is 1. The molecule has 3 unspecified atom stereocenters. The number of carbonyl (C=O) groups excluding carboxylic acids is 2. The summed E-state index contributed by atoms with van der Waals surface area (Å²) < 4.78 is 5.88. The van der Waals surface area contributed by atoms with Crippen molar-refractivity contribution in [3.05, 3.63) is 34.3 Å². The standard InChI is InChI=1S/C17H19BrO3/c1-21-16(20)12-4-5-13-10-17(13,9-12)15(19)8-11-2-6-14(18)7-3-11/h2-3,6-7,12-13H,4-5,8-10H2,1H3. The van der Waals surface area contributed by atoms with Crippen LogP contribution in [-0.2, 0) is 20.7 Å². The monoisotopic (exact) mass is 350 g/mol. The van der Waals surface area contributed by atoms with Crippen LogP contribution in [-0.4, -0.2) is 18.9 Å². The average Bonchev–Trinajstić information content (AvgIpc) is 3.23. The third-order valence-electron chi connectivity index (χ3n) is 5.07. The third-order valence-corrected chi connectivity index (χ3v) is 5.60. The second-order valence-electron chi connectivity index (χ2n) is 6.29. The predicted molar refractivity (Wildman–Crippen MR) is 82.8 cm³/mol. The molecule has 0 heterocycles. The van der Waals surface area contributed by atoms with Crippen molar-refractivity contribution in [2.45, 2.75) is 32.1 Å². The fourth-order valence-corrected chi connectivity index (χ4v) is 4.00. The number of hydrogen-bond donors (Lipinski definition) is 0. The fourth-order valence-electron chi connectivity index (χ4n) is 3.74. The molecule has 2 aliphatic rings. The number of Topliss-reactive ketones (excluding diaryl/α,β-unsaturated/α-hetero) is 1. The number of hydrogen-bond acceptors (Lipinski definition) is 3. The van der Waals surface area contributed by atoms with Gasteiger partial charge in [-0.25, -0.2) is 0 Å². The quantitative estimate of drug-likeness (QED) is 0.780. The highest BCUT2D eigenvalue weighted by Crippen LogP contribution is 2.63. The van der Waals surface area contributed by atoms with Gasteiger partial charge in [0.2, 0.25) is 0 Å². The maximum absolute atomic E-state index is 12.7. The molecule has 0 bridgehead atoms. The van der Waals surface area contributed by atoms with Crippen LogP contribution in [0.2, 0.25) is 0 Å². The third kappa shape index (κ3) is 2.78. The van der Waals surface area contributed by atoms with Crippen molar-refractivity contribution in [1.29, 1.82) is 0 Å². The SMILES string of the molecule is COC(=O)C1CCC2CC2(C(=O)Cc2ccc(Br)cc2)C1. The molecular formula is C17H19BrO3. The molecular weight excluding hydrogens is 332 g/mol. The van der Waals surface area contributed by atoms with Gasteiger partial charge in [-0.2, -0.15) is 0 Å². The van der Waals surface area contributed by atoms with Gasteiger partial charge in [0.15, 0.2) is 0 Å². The summed E-state index contributed by atoms with van der Waals surface area (Å²) in [5, 5.41) is 0. The Labute approximate surface area is 133 Å². The Hall–Kier alpha value is -1.16. The van der Waals surface area contributed by atoms with Gasteiger partial charge in [0, 0.05) is 16.3 Å². The Morgan fingerprint density at radius 2 is 1.95 bits per heavy atom. The Kier molecular flexibility index (Phi) is 3.91. The van der Waals surface area contributed by atoms with E-state index in [1.807, 2.05) is 24.3 Å². The molecule has 0 radical (unpaired) electrons. The van der Waals surface area contributed by atoms with Crippen molar-refractivity contribution < 1.29 is 14.3 Å². The highest BCUT2D eigenvalue weighted by Gasteiger charge is 2.62. The van der Waals surface area contributed by atoms with Crippen molar-refractivity contribution in [3.8, 4) is 0 Å². The molecule has 21 heavy (non-hydrogen) atoms. The summed E-state index contributed by atoms with van der Waals surface area (Å²) >= 11 is 3.40. The first-order valence-corrected chi connectivity index (χ1v) is 8.20. The zero-order chi connectivity index (χ0) is 15.0. The van der Waals surface area contributed by atoms with Crippen LogP contribution in [0.3, 0.4) is 0 Å². The Bertz CT molecular complexity index is 566. The molecule has 2 saturated carbocycles. The highest BCUT2D eigenvalue weighted by molar-refractivity contribution is 9.10. The topological polar surface area (TPSA) is 43.4 Å². The zero-order valence-electron chi connectivity index (χ0n) is 12.1. The van der Waals surface area contributed by atoms with E-state index in [0.717, 1.165) is 29.3 Å². The van der Waals surface area contributed by atoms with Crippen LogP contribution in [0.4, 0.5) is 0 Å². The summed E-state index contributed by atoms with van der Waals surface area (Å²) in [6.07, 6.45) is 3.95. The summed E-state index contributed by atoms with van der Waals surface area (Å²) in [5.41, 5.74) is 0.799. The second kappa shape index (κ2) is 5.56. The molecule has 2 fully saturated rings. The number of ether oxygens (including phenoxy) is 1. The molecule has 3 nitrogen and oxygen atoms in total. The fraction of sp³-hybridized carbons (Fsp3) is 0.529. The minimum atomic E-state index is -0.246. The minimum absolute atomic E-state index is 0.0948. The van der Waals surface area contributed by atoms with Crippen molar-refractivity contribution in [1.82, 2.24) is 0 Å². The van der Waals surface area contributed by atoms with Gasteiger partial charge in [-0.3, -0.25) is 9.59 Å². The molecule has 4 heteroatoms. The first-order chi connectivity index (χ1) is 10.0. The van der Waals surface area contributed by atoms with Crippen LogP contribution >= 0.6 is 15.9 Å². The number of ketones is 1. The van der Waals surface area contributed by atoms with Crippen molar-refractivity contribution in [3.63, 3.8) is 0 Å². The molecule has 3 rings (SSSR count). The second-order valence-corrected chi connectivity index (χ2v) is 7.20. The lowest BCUT2D eigenvalue weighted by atomic mass is 9.77. The van der Waals surface area contributed by atoms with Crippen LogP contribution in [0.25, 0.3) is 0 Å². The van der Waals surface area contributed by atoms with E-state index in [9.17, 15) is 9.59 Å². The molecule has 0 N–H and O–H groups in total. The Morgan fingerprint density at radius 3 is 2.62 bits per heavy atom. The van der Waals surface area contributed by atoms with Gasteiger partial charge in [0.05, 0.1) is 13.0 Å². The molecule has 1 aromatic carbocycles. The lowest BCUT2D eigenvalue weighted by Gasteiger charge is -2.26. The van der Waals surface area contributed by atoms with Gasteiger partial charge >= 0.3 is 5.97 Å². The molecule has 1 aromatic rings. The molecule has 2 aliphatic carbocycles. The number of rotatable bonds is 4. The van der Waals surface area contributed by atoms with E-state index in [-0.39, 0.29) is 17.3 Å². The number of esters is 1. The predicted octanol–water partition coefficient (Wildman–Crippen LogP) is 3.54. The van der Waals surface area contributed by atoms with Crippen molar-refractivity contribution in [2.75, 3.05) is 7.11 Å². The summed E-state index contributed by atoms with van der Waals surface area (Å²) in [6.45, 7) is 0. The van der Waals surface area contributed by atoms with Gasteiger partial charge in [-0.1, -0.05) is 28.1 Å². The van der Waals surface area contributed by atoms with Gasteiger partial charge in [-0.15, -0.1) is 0 Å². The normalized spacial score (nSPS) is 30.4. The molecule has 3 atom stereocenters. The van der Waals surface area contributed by atoms with Crippen LogP contribution in [0, 0.1) is 17.3 Å². The Balaban J connectivity index is 1.69. The molecule has 0 aliphatic heterocycles. The molecule has 0 aromatic heterocycles. The van der Waals surface area contributed by atoms with Crippen molar-refractivity contribution in [2.24, 2.45) is 17.3 Å². The van der Waals surface area contributed by atoms with Gasteiger partial charge in [-0.05, 0) is 49.3 Å². The van der Waals surface area contributed by atoms with Crippen LogP contribution in [0.1, 0.15) is 31.2 Å². The number of carbonyl (C=O) groups is 2. The summed E-state index contributed by atoms with van der Waals surface area (Å²) in [6, 6.07) is 7.89. The summed E-state index contributed by atoms with van der Waals surface area (Å²) in [5.74, 6) is 0.531. The van der Waals surface area contributed by atoms with Crippen LogP contribution < -0.4 is 0 Å². The highest BCUT2D eigenvalue weighted by atomic mass is 79.9. The maximum atomic E-state index is 12.7. The van der Waals surface area contributed by atoms with Crippen molar-refractivity contribution >= 4 is 27.7 Å². The smallest absolute Gasteiger partial charge is 0.308 e. The summed E-state index contributed by atoms with van der Waals surface area (Å²) in [4.78, 5) is 24.5. The minimum Gasteiger partial charge on any atom is -0.469 e. The van der Waals surface area contributed by atoms with E-state index >= 15 is 0 Å². The lowest BCUT2D eigenvalue weighted by molar-refractivity contribution is -0.147. The summed E-state index contributed by atoms with van der Waals surface area (Å²) in [7, 11) is 1.43. The molecule has 0 saturated heterocycles. The van der Waals surface area contributed by atoms with E-state index in [4.69, 9.17) is 4.74 Å². The van der Waals surface area contributed by atoms with Gasteiger partial charge in [0.25, 0.3) is 0 Å².